The number of carbonyl (C=O) groups is 1. The first-order chi connectivity index (χ1) is 8.59. The van der Waals surface area contributed by atoms with E-state index in [-0.39, 0.29) is 12.2 Å². The van der Waals surface area contributed by atoms with Crippen LogP contribution in [0.1, 0.15) is 21.5 Å². The van der Waals surface area contributed by atoms with Gasteiger partial charge in [0, 0.05) is 22.6 Å². The Labute approximate surface area is 109 Å². The van der Waals surface area contributed by atoms with Gasteiger partial charge in [-0.25, -0.2) is 4.39 Å². The lowest BCUT2D eigenvalue weighted by atomic mass is 9.99. The van der Waals surface area contributed by atoms with E-state index in [0.717, 1.165) is 0 Å². The van der Waals surface area contributed by atoms with Gasteiger partial charge in [-0.15, -0.1) is 0 Å². The molecule has 0 aliphatic rings. The molecule has 2 aromatic rings. The molecule has 0 bridgehead atoms. The van der Waals surface area contributed by atoms with E-state index in [1.54, 1.807) is 36.4 Å². The summed E-state index contributed by atoms with van der Waals surface area (Å²) in [5.41, 5.74) is 6.70. The molecule has 0 aromatic heterocycles. The van der Waals surface area contributed by atoms with Crippen LogP contribution in [0.2, 0.25) is 5.02 Å². The topological polar surface area (TPSA) is 43.1 Å². The zero-order valence-electron chi connectivity index (χ0n) is 9.49. The van der Waals surface area contributed by atoms with E-state index in [1.165, 1.54) is 6.07 Å². The Kier molecular flexibility index (Phi) is 3.63. The SMILES string of the molecule is NC(=O)c1ccccc1Cc1c(F)cccc1Cl. The van der Waals surface area contributed by atoms with Crippen LogP contribution in [0.4, 0.5) is 4.39 Å². The molecule has 18 heavy (non-hydrogen) atoms. The van der Waals surface area contributed by atoms with Gasteiger partial charge in [0.1, 0.15) is 5.82 Å². The van der Waals surface area contributed by atoms with Gasteiger partial charge in [0.25, 0.3) is 0 Å². The molecular weight excluding hydrogens is 253 g/mol. The third kappa shape index (κ3) is 2.51. The second-order valence-electron chi connectivity index (χ2n) is 3.90. The van der Waals surface area contributed by atoms with Crippen LogP contribution in [-0.4, -0.2) is 5.91 Å². The maximum atomic E-state index is 13.7. The van der Waals surface area contributed by atoms with E-state index < -0.39 is 5.91 Å². The van der Waals surface area contributed by atoms with Crippen molar-refractivity contribution in [3.63, 3.8) is 0 Å². The number of nitrogens with two attached hydrogens (primary N) is 1. The molecule has 2 nitrogen and oxygen atoms in total. The van der Waals surface area contributed by atoms with E-state index in [4.69, 9.17) is 17.3 Å². The highest BCUT2D eigenvalue weighted by molar-refractivity contribution is 6.31. The highest BCUT2D eigenvalue weighted by Gasteiger charge is 2.12. The molecule has 0 atom stereocenters. The first-order valence-electron chi connectivity index (χ1n) is 5.40. The molecule has 0 saturated heterocycles. The van der Waals surface area contributed by atoms with Crippen molar-refractivity contribution in [3.8, 4) is 0 Å². The summed E-state index contributed by atoms with van der Waals surface area (Å²) in [5.74, 6) is -0.917. The molecule has 1 amide bonds. The van der Waals surface area contributed by atoms with Gasteiger partial charge in [0.2, 0.25) is 5.91 Å². The van der Waals surface area contributed by atoms with Crippen LogP contribution in [0, 0.1) is 5.82 Å². The summed E-state index contributed by atoms with van der Waals surface area (Å²) in [6.07, 6.45) is 0.241. The Morgan fingerprint density at radius 3 is 2.56 bits per heavy atom. The summed E-state index contributed by atoms with van der Waals surface area (Å²) in [6, 6.07) is 11.3. The van der Waals surface area contributed by atoms with E-state index in [2.05, 4.69) is 0 Å². The molecule has 0 aliphatic heterocycles. The number of benzene rings is 2. The predicted octanol–water partition coefficient (Wildman–Crippen LogP) is 3.17. The smallest absolute Gasteiger partial charge is 0.248 e. The molecule has 2 N–H and O–H groups in total. The molecule has 0 aliphatic carbocycles. The van der Waals surface area contributed by atoms with E-state index >= 15 is 0 Å². The van der Waals surface area contributed by atoms with E-state index in [9.17, 15) is 9.18 Å². The Morgan fingerprint density at radius 2 is 1.89 bits per heavy atom. The van der Waals surface area contributed by atoms with Gasteiger partial charge in [-0.2, -0.15) is 0 Å². The third-order valence-electron chi connectivity index (χ3n) is 2.71. The van der Waals surface area contributed by atoms with Gasteiger partial charge >= 0.3 is 0 Å². The van der Waals surface area contributed by atoms with Crippen LogP contribution in [0.5, 0.6) is 0 Å². The minimum absolute atomic E-state index is 0.241. The zero-order chi connectivity index (χ0) is 13.1. The summed E-state index contributed by atoms with van der Waals surface area (Å²) in [7, 11) is 0. The highest BCUT2D eigenvalue weighted by atomic mass is 35.5. The van der Waals surface area contributed by atoms with Crippen molar-refractivity contribution in [2.45, 2.75) is 6.42 Å². The predicted molar refractivity (Wildman–Crippen MR) is 69.2 cm³/mol. The molecule has 0 unspecified atom stereocenters. The molecule has 0 heterocycles. The Morgan fingerprint density at radius 1 is 1.17 bits per heavy atom. The number of rotatable bonds is 3. The van der Waals surface area contributed by atoms with E-state index in [0.29, 0.717) is 21.7 Å². The minimum Gasteiger partial charge on any atom is -0.366 e. The lowest BCUT2D eigenvalue weighted by Gasteiger charge is -2.09. The maximum absolute atomic E-state index is 13.7. The zero-order valence-corrected chi connectivity index (χ0v) is 10.2. The van der Waals surface area contributed by atoms with Gasteiger partial charge in [-0.3, -0.25) is 4.79 Å². The minimum atomic E-state index is -0.530. The van der Waals surface area contributed by atoms with Gasteiger partial charge in [0.15, 0.2) is 0 Å². The average Bonchev–Trinajstić information content (AvgIpc) is 2.34. The van der Waals surface area contributed by atoms with Crippen LogP contribution in [-0.2, 0) is 6.42 Å². The van der Waals surface area contributed by atoms with Crippen LogP contribution in [0.15, 0.2) is 42.5 Å². The third-order valence-corrected chi connectivity index (χ3v) is 3.07. The lowest BCUT2D eigenvalue weighted by Crippen LogP contribution is -2.14. The summed E-state index contributed by atoms with van der Waals surface area (Å²) in [6.45, 7) is 0. The fourth-order valence-electron chi connectivity index (χ4n) is 1.81. The number of hydrogen-bond acceptors (Lipinski definition) is 1. The quantitative estimate of drug-likeness (QED) is 0.908. The number of amides is 1. The molecule has 2 rings (SSSR count). The Hall–Kier alpha value is -1.87. The number of carbonyl (C=O) groups excluding carboxylic acids is 1. The normalized spacial score (nSPS) is 10.3. The van der Waals surface area contributed by atoms with Gasteiger partial charge in [0.05, 0.1) is 0 Å². The molecule has 4 heteroatoms. The van der Waals surface area contributed by atoms with Crippen molar-refractivity contribution in [1.29, 1.82) is 0 Å². The first-order valence-corrected chi connectivity index (χ1v) is 5.78. The van der Waals surface area contributed by atoms with Crippen LogP contribution < -0.4 is 5.73 Å². The van der Waals surface area contributed by atoms with Crippen molar-refractivity contribution in [1.82, 2.24) is 0 Å². The molecule has 92 valence electrons. The first kappa shape index (κ1) is 12.6. The summed E-state index contributed by atoms with van der Waals surface area (Å²) in [5, 5.41) is 0.342. The second kappa shape index (κ2) is 5.19. The molecule has 0 spiro atoms. The van der Waals surface area contributed by atoms with Crippen LogP contribution >= 0.6 is 11.6 Å². The fraction of sp³-hybridized carbons (Fsp3) is 0.0714. The largest absolute Gasteiger partial charge is 0.366 e. The van der Waals surface area contributed by atoms with Crippen molar-refractivity contribution < 1.29 is 9.18 Å². The molecule has 2 aromatic carbocycles. The van der Waals surface area contributed by atoms with E-state index in [1.807, 2.05) is 0 Å². The number of hydrogen-bond donors (Lipinski definition) is 1. The summed E-state index contributed by atoms with van der Waals surface area (Å²) < 4.78 is 13.7. The number of primary amides is 1. The van der Waals surface area contributed by atoms with Crippen molar-refractivity contribution in [2.75, 3.05) is 0 Å². The lowest BCUT2D eigenvalue weighted by molar-refractivity contribution is 0.0999. The van der Waals surface area contributed by atoms with Crippen LogP contribution in [0.25, 0.3) is 0 Å². The Bertz CT molecular complexity index is 578. The van der Waals surface area contributed by atoms with Gasteiger partial charge in [-0.1, -0.05) is 35.9 Å². The molecule has 0 saturated carbocycles. The fourth-order valence-corrected chi connectivity index (χ4v) is 2.04. The maximum Gasteiger partial charge on any atom is 0.248 e. The summed E-state index contributed by atoms with van der Waals surface area (Å²) >= 11 is 5.96. The standard InChI is InChI=1S/C14H11ClFNO/c15-12-6-3-7-13(16)11(12)8-9-4-1-2-5-10(9)14(17)18/h1-7H,8H2,(H2,17,18). The van der Waals surface area contributed by atoms with Crippen molar-refractivity contribution in [2.24, 2.45) is 5.73 Å². The van der Waals surface area contributed by atoms with Crippen molar-refractivity contribution in [3.05, 3.63) is 70.0 Å². The molecule has 0 fully saturated rings. The average molecular weight is 264 g/mol. The molecular formula is C14H11ClFNO. The van der Waals surface area contributed by atoms with Gasteiger partial charge < -0.3 is 5.73 Å². The summed E-state index contributed by atoms with van der Waals surface area (Å²) in [4.78, 5) is 11.3. The van der Waals surface area contributed by atoms with Gasteiger partial charge in [-0.05, 0) is 23.8 Å². The molecule has 0 radical (unpaired) electrons. The van der Waals surface area contributed by atoms with Crippen LogP contribution in [0.3, 0.4) is 0 Å². The van der Waals surface area contributed by atoms with Crippen molar-refractivity contribution >= 4 is 17.5 Å². The Balaban J connectivity index is 2.43. The monoisotopic (exact) mass is 263 g/mol. The number of halogens is 2. The second-order valence-corrected chi connectivity index (χ2v) is 4.31. The highest BCUT2D eigenvalue weighted by Crippen LogP contribution is 2.23.